The number of unbranched alkanes of at least 4 members (excludes halogenated alkanes) is 58. The minimum atomic E-state index is -4.58. The lowest BCUT2D eigenvalue weighted by molar-refractivity contribution is -0.870. The normalized spacial score (nSPS) is 13.5. The minimum Gasteiger partial charge on any atom is -0.756 e. The zero-order valence-electron chi connectivity index (χ0n) is 56.5. The van der Waals surface area contributed by atoms with E-state index >= 15 is 0 Å². The molecular weight excluding hydrogens is 1030 g/mol. The van der Waals surface area contributed by atoms with Crippen molar-refractivity contribution in [1.82, 2.24) is 5.32 Å². The second kappa shape index (κ2) is 65.0. The topological polar surface area (TPSA) is 108 Å². The van der Waals surface area contributed by atoms with Crippen LogP contribution in [-0.4, -0.2) is 68.5 Å². The summed E-state index contributed by atoms with van der Waals surface area (Å²) in [6.07, 6.45) is 82.1. The third-order valence-corrected chi connectivity index (χ3v) is 18.8. The van der Waals surface area contributed by atoms with Crippen molar-refractivity contribution in [1.29, 1.82) is 0 Å². The lowest BCUT2D eigenvalue weighted by Crippen LogP contribution is -2.46. The monoisotopic (exact) mass is 1180 g/mol. The van der Waals surface area contributed by atoms with Gasteiger partial charge in [0.15, 0.2) is 0 Å². The Bertz CT molecular complexity index is 1300. The number of aliphatic hydroxyl groups is 1. The van der Waals surface area contributed by atoms with E-state index in [9.17, 15) is 19.4 Å². The summed E-state index contributed by atoms with van der Waals surface area (Å²) in [5, 5.41) is 14.1. The van der Waals surface area contributed by atoms with Gasteiger partial charge in [-0.25, -0.2) is 0 Å². The second-order valence-electron chi connectivity index (χ2n) is 27.4. The number of rotatable bonds is 71. The Morgan fingerprint density at radius 3 is 0.829 bits per heavy atom. The number of likely N-dealkylation sites (N-methyl/N-ethyl adjacent to an activating group) is 1. The van der Waals surface area contributed by atoms with E-state index in [-0.39, 0.29) is 19.1 Å². The van der Waals surface area contributed by atoms with Crippen molar-refractivity contribution in [3.05, 3.63) is 0 Å². The summed E-state index contributed by atoms with van der Waals surface area (Å²) in [7, 11) is 1.33. The fourth-order valence-corrected chi connectivity index (χ4v) is 12.8. The molecule has 2 N–H and O–H groups in total. The van der Waals surface area contributed by atoms with E-state index in [1.54, 1.807) is 0 Å². The lowest BCUT2D eigenvalue weighted by atomic mass is 10.0. The van der Waals surface area contributed by atoms with Crippen molar-refractivity contribution in [2.75, 3.05) is 40.9 Å². The maximum absolute atomic E-state index is 13.1. The van der Waals surface area contributed by atoms with E-state index < -0.39 is 20.0 Å². The van der Waals surface area contributed by atoms with Gasteiger partial charge in [0.2, 0.25) is 5.91 Å². The van der Waals surface area contributed by atoms with Crippen molar-refractivity contribution in [3.63, 3.8) is 0 Å². The van der Waals surface area contributed by atoms with Gasteiger partial charge in [-0.1, -0.05) is 393 Å². The van der Waals surface area contributed by atoms with E-state index in [0.717, 1.165) is 38.5 Å². The van der Waals surface area contributed by atoms with Gasteiger partial charge in [-0.2, -0.15) is 0 Å². The van der Waals surface area contributed by atoms with Gasteiger partial charge in [0.05, 0.1) is 39.9 Å². The van der Waals surface area contributed by atoms with Crippen LogP contribution < -0.4 is 10.2 Å². The highest BCUT2D eigenvalue weighted by Gasteiger charge is 2.24. The molecule has 0 aromatic rings. The van der Waals surface area contributed by atoms with Gasteiger partial charge in [-0.15, -0.1) is 0 Å². The number of amides is 1. The molecule has 1 amide bonds. The molecular formula is C73H149N2O6P. The van der Waals surface area contributed by atoms with Crippen molar-refractivity contribution >= 4 is 13.7 Å². The van der Waals surface area contributed by atoms with Crippen LogP contribution in [0.25, 0.3) is 0 Å². The fourth-order valence-electron chi connectivity index (χ4n) is 12.0. The van der Waals surface area contributed by atoms with Crippen molar-refractivity contribution in [2.24, 2.45) is 0 Å². The number of aliphatic hydroxyl groups excluding tert-OH is 1. The molecule has 0 saturated heterocycles. The molecule has 492 valence electrons. The average molecular weight is 1180 g/mol. The number of hydrogen-bond donors (Lipinski definition) is 2. The number of hydrogen-bond acceptors (Lipinski definition) is 6. The van der Waals surface area contributed by atoms with Gasteiger partial charge in [0, 0.05) is 6.42 Å². The quantitative estimate of drug-likeness (QED) is 0.0357. The average Bonchev–Trinajstić information content (AvgIpc) is 3.47. The first kappa shape index (κ1) is 81.5. The smallest absolute Gasteiger partial charge is 0.268 e. The van der Waals surface area contributed by atoms with Crippen LogP contribution in [0.4, 0.5) is 0 Å². The number of carbonyl (C=O) groups is 1. The molecule has 0 spiro atoms. The van der Waals surface area contributed by atoms with Crippen LogP contribution in [0.15, 0.2) is 0 Å². The molecule has 0 aromatic carbocycles. The number of carbonyl (C=O) groups excluding carboxylic acids is 1. The van der Waals surface area contributed by atoms with Crippen molar-refractivity contribution in [2.45, 2.75) is 424 Å². The standard InChI is InChI=1S/C73H149N2O6P/c1-6-8-10-12-14-16-18-20-22-24-26-28-30-32-34-35-36-37-38-39-41-43-45-47-49-51-53-55-57-59-61-63-65-67-73(77)74-71(70-81-82(78,79)80-69-68-75(3,4)5)72(76)66-64-62-60-58-56-54-52-50-48-46-44-42-40-33-31-29-27-25-23-21-19-17-15-13-11-9-7-2/h71-72,76H,6-70H2,1-5H3,(H-,74,77,78,79). The van der Waals surface area contributed by atoms with Crippen LogP contribution in [0.2, 0.25) is 0 Å². The van der Waals surface area contributed by atoms with Gasteiger partial charge >= 0.3 is 0 Å². The largest absolute Gasteiger partial charge is 0.756 e. The molecule has 82 heavy (non-hydrogen) atoms. The Kier molecular flexibility index (Phi) is 64.6. The summed E-state index contributed by atoms with van der Waals surface area (Å²) >= 11 is 0. The molecule has 0 aliphatic rings. The minimum absolute atomic E-state index is 0.0171. The molecule has 0 radical (unpaired) electrons. The van der Waals surface area contributed by atoms with Crippen molar-refractivity contribution < 1.29 is 32.9 Å². The van der Waals surface area contributed by atoms with Gasteiger partial charge in [-0.05, 0) is 12.8 Å². The number of phosphoric acid groups is 1. The number of phosphoric ester groups is 1. The Balaban J connectivity index is 3.93. The summed E-state index contributed by atoms with van der Waals surface area (Å²) in [5.74, 6) is -0.153. The zero-order valence-corrected chi connectivity index (χ0v) is 57.4. The van der Waals surface area contributed by atoms with Gasteiger partial charge in [0.25, 0.3) is 7.82 Å². The predicted molar refractivity (Wildman–Crippen MR) is 358 cm³/mol. The molecule has 9 heteroatoms. The summed E-state index contributed by atoms with van der Waals surface area (Å²) in [5.41, 5.74) is 0. The molecule has 0 heterocycles. The molecule has 3 unspecified atom stereocenters. The second-order valence-corrected chi connectivity index (χ2v) is 28.8. The number of nitrogens with one attached hydrogen (secondary N) is 1. The summed E-state index contributed by atoms with van der Waals surface area (Å²) in [6, 6.07) is -0.797. The van der Waals surface area contributed by atoms with Crippen LogP contribution in [0.5, 0.6) is 0 Å². The van der Waals surface area contributed by atoms with Crippen molar-refractivity contribution in [3.8, 4) is 0 Å². The third kappa shape index (κ3) is 67.0. The molecule has 8 nitrogen and oxygen atoms in total. The van der Waals surface area contributed by atoms with E-state index in [4.69, 9.17) is 9.05 Å². The van der Waals surface area contributed by atoms with E-state index in [1.165, 1.54) is 347 Å². The molecule has 0 saturated carbocycles. The summed E-state index contributed by atoms with van der Waals surface area (Å²) in [6.45, 7) is 4.81. The molecule has 3 atom stereocenters. The van der Waals surface area contributed by atoms with E-state index in [0.29, 0.717) is 23.9 Å². The highest BCUT2D eigenvalue weighted by atomic mass is 31.2. The van der Waals surface area contributed by atoms with Gasteiger partial charge < -0.3 is 28.8 Å². The lowest BCUT2D eigenvalue weighted by Gasteiger charge is -2.30. The first-order valence-electron chi connectivity index (χ1n) is 37.4. The molecule has 0 rings (SSSR count). The van der Waals surface area contributed by atoms with Crippen LogP contribution >= 0.6 is 7.82 Å². The number of nitrogens with zero attached hydrogens (tertiary/aromatic N) is 1. The molecule has 0 bridgehead atoms. The maximum atomic E-state index is 13.1. The highest BCUT2D eigenvalue weighted by molar-refractivity contribution is 7.45. The summed E-state index contributed by atoms with van der Waals surface area (Å²) < 4.78 is 23.6. The molecule has 0 aromatic heterocycles. The fraction of sp³-hybridized carbons (Fsp3) is 0.986. The van der Waals surface area contributed by atoms with Crippen LogP contribution in [0, 0.1) is 0 Å². The highest BCUT2D eigenvalue weighted by Crippen LogP contribution is 2.38. The third-order valence-electron chi connectivity index (χ3n) is 17.8. The van der Waals surface area contributed by atoms with Crippen LogP contribution in [0.3, 0.4) is 0 Å². The van der Waals surface area contributed by atoms with E-state index in [1.807, 2.05) is 21.1 Å². The number of quaternary nitrogens is 1. The first-order valence-corrected chi connectivity index (χ1v) is 38.8. The summed E-state index contributed by atoms with van der Waals surface area (Å²) in [4.78, 5) is 25.7. The Hall–Kier alpha value is -0.500. The first-order chi connectivity index (χ1) is 40.0. The SMILES string of the molecule is CCCCCCCCCCCCCCCCCCCCCCCCCCCCCCCCCCCC(=O)NC(COP(=O)([O-])OCC[N+](C)(C)C)C(O)CCCCCCCCCCCCCCCCCCCCCCCCCCCCC. The molecule has 0 aliphatic carbocycles. The van der Waals surface area contributed by atoms with Crippen LogP contribution in [0.1, 0.15) is 412 Å². The molecule has 0 aliphatic heterocycles. The van der Waals surface area contributed by atoms with Gasteiger partial charge in [0.1, 0.15) is 13.2 Å². The Morgan fingerprint density at radius 1 is 0.378 bits per heavy atom. The Labute approximate surface area is 514 Å². The van der Waals surface area contributed by atoms with Crippen LogP contribution in [-0.2, 0) is 18.4 Å². The zero-order chi connectivity index (χ0) is 59.8. The van der Waals surface area contributed by atoms with Gasteiger partial charge in [-0.3, -0.25) is 9.36 Å². The predicted octanol–water partition coefficient (Wildman–Crippen LogP) is 23.3. The molecule has 0 fully saturated rings. The Morgan fingerprint density at radius 2 is 0.598 bits per heavy atom. The maximum Gasteiger partial charge on any atom is 0.268 e. The van der Waals surface area contributed by atoms with E-state index in [2.05, 4.69) is 19.2 Å².